The molecule has 3 rings (SSSR count). The Balaban J connectivity index is 1.73. The van der Waals surface area contributed by atoms with Gasteiger partial charge in [0.1, 0.15) is 0 Å². The Hall–Kier alpha value is -0.890. The fourth-order valence-corrected chi connectivity index (χ4v) is 3.43. The molecule has 0 aromatic rings. The molecule has 3 aliphatic rings. The highest BCUT2D eigenvalue weighted by Crippen LogP contribution is 2.37. The number of nitrogens with zero attached hydrogens (tertiary/aromatic N) is 2. The van der Waals surface area contributed by atoms with Crippen molar-refractivity contribution in [3.05, 3.63) is 23.4 Å². The van der Waals surface area contributed by atoms with Crippen LogP contribution in [-0.4, -0.2) is 29.7 Å². The van der Waals surface area contributed by atoms with Gasteiger partial charge in [-0.15, -0.1) is 0 Å². The van der Waals surface area contributed by atoms with E-state index in [2.05, 4.69) is 37.9 Å². The van der Waals surface area contributed by atoms with Gasteiger partial charge in [0.15, 0.2) is 0 Å². The van der Waals surface area contributed by atoms with Gasteiger partial charge in [-0.05, 0) is 58.7 Å². The Kier molecular flexibility index (Phi) is 2.93. The van der Waals surface area contributed by atoms with Gasteiger partial charge in [0, 0.05) is 29.3 Å². The summed E-state index contributed by atoms with van der Waals surface area (Å²) in [6.07, 6.45) is 10.6. The van der Waals surface area contributed by atoms with Gasteiger partial charge in [0.25, 0.3) is 0 Å². The second-order valence-electron chi connectivity index (χ2n) is 6.62. The molecular formula is C16H24N2. The van der Waals surface area contributed by atoms with Gasteiger partial charge in [0.2, 0.25) is 0 Å². The van der Waals surface area contributed by atoms with E-state index in [1.54, 1.807) is 0 Å². The third kappa shape index (κ3) is 2.07. The normalized spacial score (nSPS) is 31.5. The standard InChI is InChI=1S/C16H24N2/c1-16(2)11-13(8-9-18(16)3)15-10-12-6-4-5-7-14(12)17-15/h4,6,13H,5,7-11H2,1-3H3. The largest absolute Gasteiger partial charge is 0.301 e. The number of piperidine rings is 1. The van der Waals surface area contributed by atoms with Gasteiger partial charge in [0.05, 0.1) is 0 Å². The van der Waals surface area contributed by atoms with Crippen LogP contribution in [0.4, 0.5) is 0 Å². The maximum atomic E-state index is 4.95. The lowest BCUT2D eigenvalue weighted by atomic mass is 9.79. The van der Waals surface area contributed by atoms with Crippen LogP contribution in [0.3, 0.4) is 0 Å². The van der Waals surface area contributed by atoms with E-state index >= 15 is 0 Å². The summed E-state index contributed by atoms with van der Waals surface area (Å²) >= 11 is 0. The quantitative estimate of drug-likeness (QED) is 0.688. The maximum absolute atomic E-state index is 4.95. The van der Waals surface area contributed by atoms with Crippen molar-refractivity contribution in [2.45, 2.75) is 51.5 Å². The highest BCUT2D eigenvalue weighted by Gasteiger charge is 2.35. The second-order valence-corrected chi connectivity index (χ2v) is 6.62. The summed E-state index contributed by atoms with van der Waals surface area (Å²) in [5, 5.41) is 0. The molecule has 2 heteroatoms. The van der Waals surface area contributed by atoms with Crippen LogP contribution < -0.4 is 0 Å². The van der Waals surface area contributed by atoms with Crippen LogP contribution in [0, 0.1) is 5.92 Å². The highest BCUT2D eigenvalue weighted by molar-refractivity contribution is 5.93. The monoisotopic (exact) mass is 244 g/mol. The number of hydrogen-bond acceptors (Lipinski definition) is 2. The number of likely N-dealkylation sites (tertiary alicyclic amines) is 1. The Morgan fingerprint density at radius 1 is 1.39 bits per heavy atom. The molecule has 0 aromatic heterocycles. The third-order valence-corrected chi connectivity index (χ3v) is 4.95. The molecule has 0 aromatic carbocycles. The van der Waals surface area contributed by atoms with Gasteiger partial charge >= 0.3 is 0 Å². The van der Waals surface area contributed by atoms with Gasteiger partial charge in [-0.2, -0.15) is 0 Å². The highest BCUT2D eigenvalue weighted by atomic mass is 15.2. The molecule has 0 bridgehead atoms. The second kappa shape index (κ2) is 4.34. The number of aliphatic imine (C=N–C) groups is 1. The van der Waals surface area contributed by atoms with Crippen molar-refractivity contribution < 1.29 is 0 Å². The molecular weight excluding hydrogens is 220 g/mol. The van der Waals surface area contributed by atoms with E-state index < -0.39 is 0 Å². The summed E-state index contributed by atoms with van der Waals surface area (Å²) in [7, 11) is 2.25. The predicted octanol–water partition coefficient (Wildman–Crippen LogP) is 3.56. The fourth-order valence-electron chi connectivity index (χ4n) is 3.43. The first-order chi connectivity index (χ1) is 8.56. The van der Waals surface area contributed by atoms with Crippen molar-refractivity contribution >= 4 is 5.71 Å². The van der Waals surface area contributed by atoms with Crippen LogP contribution in [-0.2, 0) is 0 Å². The van der Waals surface area contributed by atoms with Gasteiger partial charge < -0.3 is 4.90 Å². The summed E-state index contributed by atoms with van der Waals surface area (Å²) in [5.41, 5.74) is 4.66. The third-order valence-electron chi connectivity index (χ3n) is 4.95. The SMILES string of the molecule is CN1CCC(C2=NC3=C(C=CCC3)C2)CC1(C)C. The molecule has 18 heavy (non-hydrogen) atoms. The lowest BCUT2D eigenvalue weighted by Gasteiger charge is -2.43. The zero-order chi connectivity index (χ0) is 12.8. The van der Waals surface area contributed by atoms with Crippen LogP contribution in [0.2, 0.25) is 0 Å². The number of rotatable bonds is 1. The lowest BCUT2D eigenvalue weighted by Crippen LogP contribution is -2.48. The minimum atomic E-state index is 0.324. The summed E-state index contributed by atoms with van der Waals surface area (Å²) < 4.78 is 0. The summed E-state index contributed by atoms with van der Waals surface area (Å²) in [6.45, 7) is 5.93. The van der Waals surface area contributed by atoms with E-state index in [4.69, 9.17) is 4.99 Å². The molecule has 2 aliphatic heterocycles. The number of allylic oxidation sites excluding steroid dienone is 4. The minimum absolute atomic E-state index is 0.324. The molecule has 98 valence electrons. The van der Waals surface area contributed by atoms with Gasteiger partial charge in [-0.25, -0.2) is 0 Å². The van der Waals surface area contributed by atoms with Crippen molar-refractivity contribution in [1.82, 2.24) is 4.90 Å². The molecule has 1 aliphatic carbocycles. The molecule has 2 nitrogen and oxygen atoms in total. The van der Waals surface area contributed by atoms with Crippen molar-refractivity contribution in [2.75, 3.05) is 13.6 Å². The molecule has 0 amide bonds. The molecule has 1 saturated heterocycles. The Morgan fingerprint density at radius 3 is 2.94 bits per heavy atom. The zero-order valence-electron chi connectivity index (χ0n) is 11.9. The Bertz CT molecular complexity index is 440. The first kappa shape index (κ1) is 12.2. The average Bonchev–Trinajstić information content (AvgIpc) is 2.76. The predicted molar refractivity (Wildman–Crippen MR) is 76.9 cm³/mol. The fraction of sp³-hybridized carbons (Fsp3) is 0.688. The van der Waals surface area contributed by atoms with Crippen LogP contribution in [0.25, 0.3) is 0 Å². The van der Waals surface area contributed by atoms with Crippen molar-refractivity contribution in [1.29, 1.82) is 0 Å². The van der Waals surface area contributed by atoms with E-state index in [-0.39, 0.29) is 0 Å². The van der Waals surface area contributed by atoms with Gasteiger partial charge in [-0.1, -0.05) is 12.2 Å². The molecule has 1 fully saturated rings. The Labute approximate surface area is 110 Å². The minimum Gasteiger partial charge on any atom is -0.301 e. The van der Waals surface area contributed by atoms with E-state index in [1.165, 1.54) is 42.8 Å². The summed E-state index contributed by atoms with van der Waals surface area (Å²) in [5.74, 6) is 0.704. The molecule has 0 N–H and O–H groups in total. The zero-order valence-corrected chi connectivity index (χ0v) is 11.9. The van der Waals surface area contributed by atoms with E-state index in [9.17, 15) is 0 Å². The first-order valence-electron chi connectivity index (χ1n) is 7.23. The van der Waals surface area contributed by atoms with Crippen LogP contribution >= 0.6 is 0 Å². The van der Waals surface area contributed by atoms with E-state index in [0.29, 0.717) is 11.5 Å². The molecule has 0 saturated carbocycles. The molecule has 2 heterocycles. The maximum Gasteiger partial charge on any atom is 0.0442 e. The van der Waals surface area contributed by atoms with Crippen LogP contribution in [0.1, 0.15) is 46.0 Å². The summed E-state index contributed by atoms with van der Waals surface area (Å²) in [4.78, 5) is 7.44. The Morgan fingerprint density at radius 2 is 2.22 bits per heavy atom. The molecule has 0 radical (unpaired) electrons. The van der Waals surface area contributed by atoms with E-state index in [1.807, 2.05) is 0 Å². The van der Waals surface area contributed by atoms with Gasteiger partial charge in [-0.3, -0.25) is 4.99 Å². The lowest BCUT2D eigenvalue weighted by molar-refractivity contribution is 0.0910. The summed E-state index contributed by atoms with van der Waals surface area (Å²) in [6, 6.07) is 0. The van der Waals surface area contributed by atoms with Crippen LogP contribution in [0.5, 0.6) is 0 Å². The first-order valence-corrected chi connectivity index (χ1v) is 7.23. The van der Waals surface area contributed by atoms with Crippen molar-refractivity contribution in [3.8, 4) is 0 Å². The van der Waals surface area contributed by atoms with E-state index in [0.717, 1.165) is 12.8 Å². The smallest absolute Gasteiger partial charge is 0.0442 e. The van der Waals surface area contributed by atoms with Crippen molar-refractivity contribution in [3.63, 3.8) is 0 Å². The van der Waals surface area contributed by atoms with Crippen molar-refractivity contribution in [2.24, 2.45) is 10.9 Å². The average molecular weight is 244 g/mol. The number of hydrogen-bond donors (Lipinski definition) is 0. The molecule has 0 spiro atoms. The molecule has 1 unspecified atom stereocenters. The molecule has 1 atom stereocenters. The topological polar surface area (TPSA) is 15.6 Å². The van der Waals surface area contributed by atoms with Crippen LogP contribution in [0.15, 0.2) is 28.4 Å².